The number of likely N-dealkylation sites (tertiary alicyclic amines) is 1. The van der Waals surface area contributed by atoms with Crippen molar-refractivity contribution >= 4 is 17.0 Å². The molecule has 0 unspecified atom stereocenters. The van der Waals surface area contributed by atoms with E-state index in [2.05, 4.69) is 56.8 Å². The molecule has 1 saturated heterocycles. The molecule has 25 heavy (non-hydrogen) atoms. The fraction of sp³-hybridized carbons (Fsp3) is 0.579. The SMILES string of the molecule is CCOC1CCN(C(=NC)NCCn2c(C)nc3ccccc32)CC1. The van der Waals surface area contributed by atoms with Gasteiger partial charge in [-0.3, -0.25) is 4.99 Å². The van der Waals surface area contributed by atoms with Crippen LogP contribution in [0.15, 0.2) is 29.3 Å². The molecule has 1 aliphatic heterocycles. The summed E-state index contributed by atoms with van der Waals surface area (Å²) < 4.78 is 7.99. The van der Waals surface area contributed by atoms with Gasteiger partial charge in [-0.25, -0.2) is 4.98 Å². The quantitative estimate of drug-likeness (QED) is 0.669. The Balaban J connectivity index is 1.54. The van der Waals surface area contributed by atoms with E-state index < -0.39 is 0 Å². The van der Waals surface area contributed by atoms with E-state index in [9.17, 15) is 0 Å². The van der Waals surface area contributed by atoms with Crippen LogP contribution < -0.4 is 5.32 Å². The van der Waals surface area contributed by atoms with Crippen LogP contribution in [0.3, 0.4) is 0 Å². The first kappa shape index (κ1) is 17.7. The van der Waals surface area contributed by atoms with E-state index in [1.807, 2.05) is 13.1 Å². The van der Waals surface area contributed by atoms with Gasteiger partial charge in [0.1, 0.15) is 5.82 Å². The van der Waals surface area contributed by atoms with Gasteiger partial charge in [0.15, 0.2) is 5.96 Å². The molecule has 6 heteroatoms. The first-order valence-electron chi connectivity index (χ1n) is 9.22. The number of nitrogens with zero attached hydrogens (tertiary/aromatic N) is 4. The number of fused-ring (bicyclic) bond motifs is 1. The molecule has 1 aromatic heterocycles. The summed E-state index contributed by atoms with van der Waals surface area (Å²) in [4.78, 5) is 11.4. The highest BCUT2D eigenvalue weighted by molar-refractivity contribution is 5.80. The van der Waals surface area contributed by atoms with Gasteiger partial charge in [-0.1, -0.05) is 12.1 Å². The average Bonchev–Trinajstić information content (AvgIpc) is 2.95. The Labute approximate surface area is 149 Å². The van der Waals surface area contributed by atoms with Gasteiger partial charge in [0.25, 0.3) is 0 Å². The third kappa shape index (κ3) is 4.12. The van der Waals surface area contributed by atoms with E-state index >= 15 is 0 Å². The molecule has 2 aromatic rings. The van der Waals surface area contributed by atoms with E-state index in [4.69, 9.17) is 4.74 Å². The molecule has 3 rings (SSSR count). The van der Waals surface area contributed by atoms with Gasteiger partial charge in [0, 0.05) is 39.8 Å². The smallest absolute Gasteiger partial charge is 0.193 e. The molecule has 6 nitrogen and oxygen atoms in total. The molecule has 1 aromatic carbocycles. The number of piperidine rings is 1. The lowest BCUT2D eigenvalue weighted by Crippen LogP contribution is -2.47. The fourth-order valence-corrected chi connectivity index (χ4v) is 3.56. The zero-order chi connectivity index (χ0) is 17.6. The first-order chi connectivity index (χ1) is 12.2. The van der Waals surface area contributed by atoms with Crippen molar-refractivity contribution in [1.82, 2.24) is 19.8 Å². The van der Waals surface area contributed by atoms with Crippen LogP contribution in [0.25, 0.3) is 11.0 Å². The molecular formula is C19H29N5O. The summed E-state index contributed by atoms with van der Waals surface area (Å²) in [5, 5.41) is 3.50. The van der Waals surface area contributed by atoms with Crippen molar-refractivity contribution in [1.29, 1.82) is 0 Å². The number of benzene rings is 1. The molecule has 0 amide bonds. The van der Waals surface area contributed by atoms with Crippen LogP contribution in [0.1, 0.15) is 25.6 Å². The number of hydrogen-bond acceptors (Lipinski definition) is 3. The molecule has 136 valence electrons. The highest BCUT2D eigenvalue weighted by Crippen LogP contribution is 2.15. The minimum Gasteiger partial charge on any atom is -0.378 e. The Kier molecular flexibility index (Phi) is 5.91. The Bertz CT molecular complexity index is 716. The lowest BCUT2D eigenvalue weighted by atomic mass is 10.1. The van der Waals surface area contributed by atoms with E-state index in [0.717, 1.165) is 62.9 Å². The average molecular weight is 343 g/mol. The van der Waals surface area contributed by atoms with Crippen LogP contribution in [0.2, 0.25) is 0 Å². The molecular weight excluding hydrogens is 314 g/mol. The maximum atomic E-state index is 5.73. The van der Waals surface area contributed by atoms with Crippen LogP contribution in [0, 0.1) is 6.92 Å². The van der Waals surface area contributed by atoms with E-state index in [1.165, 1.54) is 5.52 Å². The maximum Gasteiger partial charge on any atom is 0.193 e. The van der Waals surface area contributed by atoms with E-state index in [0.29, 0.717) is 6.10 Å². The molecule has 1 N–H and O–H groups in total. The summed E-state index contributed by atoms with van der Waals surface area (Å²) in [7, 11) is 1.86. The Morgan fingerprint density at radius 2 is 2.08 bits per heavy atom. The molecule has 0 radical (unpaired) electrons. The number of ether oxygens (including phenoxy) is 1. The number of para-hydroxylation sites is 2. The molecule has 1 fully saturated rings. The second kappa shape index (κ2) is 8.34. The Hall–Kier alpha value is -2.08. The van der Waals surface area contributed by atoms with Crippen LogP contribution in [-0.2, 0) is 11.3 Å². The van der Waals surface area contributed by atoms with Gasteiger partial charge in [-0.2, -0.15) is 0 Å². The van der Waals surface area contributed by atoms with Crippen molar-refractivity contribution < 1.29 is 4.74 Å². The first-order valence-corrected chi connectivity index (χ1v) is 9.22. The second-order valence-corrected chi connectivity index (χ2v) is 6.42. The minimum absolute atomic E-state index is 0.402. The van der Waals surface area contributed by atoms with Gasteiger partial charge >= 0.3 is 0 Å². The van der Waals surface area contributed by atoms with Gasteiger partial charge in [0.05, 0.1) is 17.1 Å². The summed E-state index contributed by atoms with van der Waals surface area (Å²) in [5.74, 6) is 2.03. The number of aryl methyl sites for hydroxylation is 1. The largest absolute Gasteiger partial charge is 0.378 e. The van der Waals surface area contributed by atoms with Crippen molar-refractivity contribution in [3.05, 3.63) is 30.1 Å². The van der Waals surface area contributed by atoms with Gasteiger partial charge in [0.2, 0.25) is 0 Å². The third-order valence-corrected chi connectivity index (χ3v) is 4.82. The molecule has 0 spiro atoms. The highest BCUT2D eigenvalue weighted by Gasteiger charge is 2.21. The lowest BCUT2D eigenvalue weighted by molar-refractivity contribution is 0.0264. The van der Waals surface area contributed by atoms with Crippen molar-refractivity contribution in [2.24, 2.45) is 4.99 Å². The van der Waals surface area contributed by atoms with Crippen molar-refractivity contribution in [3.8, 4) is 0 Å². The van der Waals surface area contributed by atoms with Gasteiger partial charge < -0.3 is 19.5 Å². The van der Waals surface area contributed by atoms with Gasteiger partial charge in [-0.05, 0) is 38.8 Å². The van der Waals surface area contributed by atoms with Crippen molar-refractivity contribution in [2.75, 3.05) is 33.3 Å². The van der Waals surface area contributed by atoms with Crippen LogP contribution in [0.5, 0.6) is 0 Å². The van der Waals surface area contributed by atoms with Gasteiger partial charge in [-0.15, -0.1) is 0 Å². The van der Waals surface area contributed by atoms with Crippen LogP contribution in [-0.4, -0.2) is 59.8 Å². The number of guanidine groups is 1. The van der Waals surface area contributed by atoms with Crippen molar-refractivity contribution in [2.45, 2.75) is 39.3 Å². The summed E-state index contributed by atoms with van der Waals surface area (Å²) in [6.45, 7) is 8.63. The summed E-state index contributed by atoms with van der Waals surface area (Å²) in [5.41, 5.74) is 2.25. The predicted molar refractivity (Wildman–Crippen MR) is 102 cm³/mol. The monoisotopic (exact) mass is 343 g/mol. The molecule has 1 aliphatic rings. The number of aliphatic imine (C=N–C) groups is 1. The second-order valence-electron chi connectivity index (χ2n) is 6.42. The van der Waals surface area contributed by atoms with Crippen molar-refractivity contribution in [3.63, 3.8) is 0 Å². The lowest BCUT2D eigenvalue weighted by Gasteiger charge is -2.34. The van der Waals surface area contributed by atoms with E-state index in [1.54, 1.807) is 0 Å². The summed E-state index contributed by atoms with van der Waals surface area (Å²) >= 11 is 0. The molecule has 2 heterocycles. The highest BCUT2D eigenvalue weighted by atomic mass is 16.5. The fourth-order valence-electron chi connectivity index (χ4n) is 3.56. The Morgan fingerprint density at radius 1 is 1.32 bits per heavy atom. The topological polar surface area (TPSA) is 54.7 Å². The van der Waals surface area contributed by atoms with Crippen LogP contribution >= 0.6 is 0 Å². The number of nitrogens with one attached hydrogen (secondary N) is 1. The predicted octanol–water partition coefficient (Wildman–Crippen LogP) is 2.42. The number of imidazole rings is 1. The van der Waals surface area contributed by atoms with E-state index in [-0.39, 0.29) is 0 Å². The number of rotatable bonds is 5. The standard InChI is InChI=1S/C19H29N5O/c1-4-25-16-9-12-23(13-10-16)19(20-3)21-11-14-24-15(2)22-17-7-5-6-8-18(17)24/h5-8,16H,4,9-14H2,1-3H3,(H,20,21). The molecule has 0 aliphatic carbocycles. The zero-order valence-electron chi connectivity index (χ0n) is 15.5. The molecule has 0 saturated carbocycles. The molecule has 0 bridgehead atoms. The number of hydrogen-bond donors (Lipinski definition) is 1. The summed E-state index contributed by atoms with van der Waals surface area (Å²) in [6.07, 6.45) is 2.54. The normalized spacial score (nSPS) is 16.6. The third-order valence-electron chi connectivity index (χ3n) is 4.82. The Morgan fingerprint density at radius 3 is 2.80 bits per heavy atom. The zero-order valence-corrected chi connectivity index (χ0v) is 15.5. The summed E-state index contributed by atoms with van der Waals surface area (Å²) in [6, 6.07) is 8.29. The molecule has 0 atom stereocenters. The maximum absolute atomic E-state index is 5.73. The van der Waals surface area contributed by atoms with Crippen LogP contribution in [0.4, 0.5) is 0 Å². The minimum atomic E-state index is 0.402. The number of aromatic nitrogens is 2.